The minimum Gasteiger partial charge on any atom is -0.480 e. The molecule has 0 aliphatic carbocycles. The summed E-state index contributed by atoms with van der Waals surface area (Å²) in [5, 5.41) is 23.4. The Bertz CT molecular complexity index is 579. The molecule has 0 aliphatic heterocycles. The maximum atomic E-state index is 12.1. The van der Waals surface area contributed by atoms with Gasteiger partial charge in [0.25, 0.3) is 0 Å². The molecule has 0 aromatic heterocycles. The van der Waals surface area contributed by atoms with Crippen LogP contribution in [0.5, 0.6) is 0 Å². The normalized spacial score (nSPS) is 16.1. The lowest BCUT2D eigenvalue weighted by molar-refractivity contribution is -0.142. The van der Waals surface area contributed by atoms with E-state index in [-0.39, 0.29) is 11.5 Å². The van der Waals surface area contributed by atoms with Crippen molar-refractivity contribution in [1.82, 2.24) is 10.6 Å². The Morgan fingerprint density at radius 1 is 0.733 bits per heavy atom. The lowest BCUT2D eigenvalue weighted by atomic mass is 9.87. The van der Waals surface area contributed by atoms with Gasteiger partial charge in [0, 0.05) is 11.5 Å². The Balaban J connectivity index is 4.73. The van der Waals surface area contributed by atoms with Crippen molar-refractivity contribution in [3.05, 3.63) is 0 Å². The van der Waals surface area contributed by atoms with Gasteiger partial charge in [-0.2, -0.15) is 0 Å². The molecule has 0 rings (SSSR count). The zero-order valence-electron chi connectivity index (χ0n) is 18.2. The minimum atomic E-state index is -1.23. The Morgan fingerprint density at radius 2 is 1.00 bits per heavy atom. The van der Waals surface area contributed by atoms with Gasteiger partial charge in [0.05, 0.1) is 12.1 Å². The third-order valence-electron chi connectivity index (χ3n) is 4.21. The first-order chi connectivity index (χ1) is 13.5. The lowest BCUT2D eigenvalue weighted by Crippen LogP contribution is -2.54. The van der Waals surface area contributed by atoms with Gasteiger partial charge in [-0.05, 0) is 10.8 Å². The average Bonchev–Trinajstić information content (AvgIpc) is 2.59. The molecular formula is C18H34N4O6S2. The molecule has 0 bridgehead atoms. The van der Waals surface area contributed by atoms with Crippen molar-refractivity contribution in [2.75, 3.05) is 11.5 Å². The fraction of sp³-hybridized carbons (Fsp3) is 0.778. The molecular weight excluding hydrogens is 432 g/mol. The van der Waals surface area contributed by atoms with Gasteiger partial charge in [-0.25, -0.2) is 9.59 Å². The highest BCUT2D eigenvalue weighted by Crippen LogP contribution is 2.24. The summed E-state index contributed by atoms with van der Waals surface area (Å²) in [4.78, 5) is 47.1. The number of aliphatic carboxylic acids is 2. The summed E-state index contributed by atoms with van der Waals surface area (Å²) >= 11 is 0. The van der Waals surface area contributed by atoms with E-state index in [1.54, 1.807) is 41.5 Å². The number of hydrogen-bond donors (Lipinski definition) is 6. The van der Waals surface area contributed by atoms with Crippen LogP contribution < -0.4 is 22.1 Å². The summed E-state index contributed by atoms with van der Waals surface area (Å²) in [6.07, 6.45) is 0. The summed E-state index contributed by atoms with van der Waals surface area (Å²) in [6.45, 7) is 10.6. The molecule has 0 aromatic rings. The van der Waals surface area contributed by atoms with Crippen LogP contribution in [0.2, 0.25) is 0 Å². The van der Waals surface area contributed by atoms with Crippen molar-refractivity contribution in [3.63, 3.8) is 0 Å². The summed E-state index contributed by atoms with van der Waals surface area (Å²) < 4.78 is 0. The molecule has 174 valence electrons. The molecule has 0 aromatic carbocycles. The number of carboxylic acids is 2. The fourth-order valence-corrected chi connectivity index (χ4v) is 4.20. The Hall–Kier alpha value is -1.50. The van der Waals surface area contributed by atoms with Crippen LogP contribution in [-0.4, -0.2) is 69.6 Å². The van der Waals surface area contributed by atoms with E-state index >= 15 is 0 Å². The Labute approximate surface area is 185 Å². The van der Waals surface area contributed by atoms with Gasteiger partial charge in [0.15, 0.2) is 0 Å². The predicted molar refractivity (Wildman–Crippen MR) is 119 cm³/mol. The summed E-state index contributed by atoms with van der Waals surface area (Å²) in [7, 11) is 2.14. The molecule has 4 atom stereocenters. The van der Waals surface area contributed by atoms with Crippen molar-refractivity contribution in [2.24, 2.45) is 22.3 Å². The van der Waals surface area contributed by atoms with E-state index in [1.807, 2.05) is 0 Å². The van der Waals surface area contributed by atoms with Crippen molar-refractivity contribution in [2.45, 2.75) is 65.7 Å². The van der Waals surface area contributed by atoms with E-state index in [4.69, 9.17) is 11.5 Å². The highest BCUT2D eigenvalue weighted by atomic mass is 33.1. The Morgan fingerprint density at radius 3 is 1.20 bits per heavy atom. The molecule has 0 spiro atoms. The first kappa shape index (κ1) is 28.5. The van der Waals surface area contributed by atoms with Gasteiger partial charge in [0.1, 0.15) is 12.1 Å². The molecule has 10 nitrogen and oxygen atoms in total. The number of hydrogen-bond acceptors (Lipinski definition) is 8. The number of rotatable bonds is 11. The van der Waals surface area contributed by atoms with Crippen LogP contribution in [-0.2, 0) is 19.2 Å². The standard InChI is InChI=1S/C18H34N4O6S2/c1-17(2,3)11(19)13(23)21-9(15(25)26)7-29-30-8-10(16(27)28)22-14(24)12(20)18(4,5)6/h9-12H,7-8,19-20H2,1-6H3,(H,21,23)(H,22,24)(H,25,26)(H,27,28). The smallest absolute Gasteiger partial charge is 0.327 e. The summed E-state index contributed by atoms with van der Waals surface area (Å²) in [6, 6.07) is -4.13. The highest BCUT2D eigenvalue weighted by molar-refractivity contribution is 8.76. The molecule has 4 unspecified atom stereocenters. The second-order valence-electron chi connectivity index (χ2n) is 9.06. The van der Waals surface area contributed by atoms with E-state index in [9.17, 15) is 29.4 Å². The topological polar surface area (TPSA) is 185 Å². The Kier molecular flexibility index (Phi) is 11.2. The van der Waals surface area contributed by atoms with Crippen LogP contribution in [0.3, 0.4) is 0 Å². The summed E-state index contributed by atoms with van der Waals surface area (Å²) in [5.74, 6) is -3.62. The van der Waals surface area contributed by atoms with Gasteiger partial charge in [-0.1, -0.05) is 63.1 Å². The molecule has 0 heterocycles. The first-order valence-corrected chi connectivity index (χ1v) is 11.8. The van der Waals surface area contributed by atoms with Crippen LogP contribution in [0.1, 0.15) is 41.5 Å². The molecule has 12 heteroatoms. The number of carbonyl (C=O) groups is 4. The number of nitrogens with two attached hydrogens (primary N) is 2. The minimum absolute atomic E-state index is 0.00953. The number of carboxylic acid groups (broad SMARTS) is 2. The second kappa shape index (κ2) is 11.8. The van der Waals surface area contributed by atoms with E-state index in [0.29, 0.717) is 0 Å². The third kappa shape index (κ3) is 10.0. The van der Waals surface area contributed by atoms with Crippen LogP contribution in [0, 0.1) is 10.8 Å². The number of carbonyl (C=O) groups excluding carboxylic acids is 2. The van der Waals surface area contributed by atoms with E-state index in [0.717, 1.165) is 21.6 Å². The molecule has 0 aliphatic rings. The zero-order chi connectivity index (χ0) is 23.9. The average molecular weight is 467 g/mol. The van der Waals surface area contributed by atoms with Gasteiger partial charge in [0.2, 0.25) is 11.8 Å². The predicted octanol–water partition coefficient (Wildman–Crippen LogP) is 0.253. The van der Waals surface area contributed by atoms with E-state index < -0.39 is 58.8 Å². The van der Waals surface area contributed by atoms with Gasteiger partial charge in [-0.15, -0.1) is 0 Å². The largest absolute Gasteiger partial charge is 0.480 e. The fourth-order valence-electron chi connectivity index (χ4n) is 1.89. The van der Waals surface area contributed by atoms with Crippen molar-refractivity contribution < 1.29 is 29.4 Å². The quantitative estimate of drug-likeness (QED) is 0.182. The maximum absolute atomic E-state index is 12.1. The highest BCUT2D eigenvalue weighted by Gasteiger charge is 2.32. The second-order valence-corrected chi connectivity index (χ2v) is 11.6. The molecule has 0 saturated heterocycles. The zero-order valence-corrected chi connectivity index (χ0v) is 19.9. The van der Waals surface area contributed by atoms with Crippen molar-refractivity contribution in [3.8, 4) is 0 Å². The van der Waals surface area contributed by atoms with Crippen molar-refractivity contribution >= 4 is 45.3 Å². The van der Waals surface area contributed by atoms with Gasteiger partial charge >= 0.3 is 11.9 Å². The van der Waals surface area contributed by atoms with Crippen molar-refractivity contribution in [1.29, 1.82) is 0 Å². The molecule has 8 N–H and O–H groups in total. The molecule has 0 radical (unpaired) electrons. The molecule has 0 saturated carbocycles. The van der Waals surface area contributed by atoms with Crippen LogP contribution in [0.25, 0.3) is 0 Å². The third-order valence-corrected chi connectivity index (χ3v) is 6.63. The van der Waals surface area contributed by atoms with Gasteiger partial charge < -0.3 is 32.3 Å². The van der Waals surface area contributed by atoms with Crippen LogP contribution in [0.4, 0.5) is 0 Å². The molecule has 0 fully saturated rings. The first-order valence-electron chi connectivity index (χ1n) is 9.30. The monoisotopic (exact) mass is 466 g/mol. The van der Waals surface area contributed by atoms with Gasteiger partial charge in [-0.3, -0.25) is 9.59 Å². The van der Waals surface area contributed by atoms with Crippen LogP contribution >= 0.6 is 21.6 Å². The SMILES string of the molecule is CC(C)(C)C(N)C(=O)NC(CSSCC(NC(=O)C(N)C(C)(C)C)C(=O)O)C(=O)O. The summed E-state index contributed by atoms with van der Waals surface area (Å²) in [5.41, 5.74) is 10.6. The lowest BCUT2D eigenvalue weighted by Gasteiger charge is -2.27. The number of amides is 2. The van der Waals surface area contributed by atoms with Crippen LogP contribution in [0.15, 0.2) is 0 Å². The molecule has 2 amide bonds. The molecule has 30 heavy (non-hydrogen) atoms. The number of nitrogens with one attached hydrogen (secondary N) is 2. The van der Waals surface area contributed by atoms with E-state index in [2.05, 4.69) is 10.6 Å². The maximum Gasteiger partial charge on any atom is 0.327 e. The van der Waals surface area contributed by atoms with E-state index in [1.165, 1.54) is 0 Å².